The lowest BCUT2D eigenvalue weighted by atomic mass is 10.1. The predicted octanol–water partition coefficient (Wildman–Crippen LogP) is 3.35. The fraction of sp³-hybridized carbons (Fsp3) is 0.158. The summed E-state index contributed by atoms with van der Waals surface area (Å²) >= 11 is 0. The zero-order valence-electron chi connectivity index (χ0n) is 13.9. The average Bonchev–Trinajstić information content (AvgIpc) is 2.62. The Morgan fingerprint density at radius 1 is 1.32 bits per heavy atom. The van der Waals surface area contributed by atoms with Crippen LogP contribution in [-0.2, 0) is 4.79 Å². The van der Waals surface area contributed by atoms with Crippen molar-refractivity contribution in [3.8, 4) is 23.3 Å². The van der Waals surface area contributed by atoms with Gasteiger partial charge in [0.1, 0.15) is 28.9 Å². The molecule has 0 atom stereocenters. The van der Waals surface area contributed by atoms with Crippen LogP contribution < -0.4 is 14.8 Å². The number of nitriles is 1. The number of carbonyl (C=O) groups excluding carboxylic acids is 1. The maximum atomic E-state index is 12.4. The Morgan fingerprint density at radius 3 is 2.76 bits per heavy atom. The van der Waals surface area contributed by atoms with Crippen molar-refractivity contribution in [1.82, 2.24) is 0 Å². The number of anilines is 1. The van der Waals surface area contributed by atoms with E-state index >= 15 is 0 Å². The highest BCUT2D eigenvalue weighted by Crippen LogP contribution is 2.27. The first kappa shape index (κ1) is 17.9. The number of amides is 1. The molecule has 2 aromatic rings. The van der Waals surface area contributed by atoms with Gasteiger partial charge in [-0.25, -0.2) is 0 Å². The Morgan fingerprint density at radius 2 is 2.08 bits per heavy atom. The summed E-state index contributed by atoms with van der Waals surface area (Å²) in [7, 11) is 1.49. The number of carbonyl (C=O) groups is 1. The van der Waals surface area contributed by atoms with Crippen molar-refractivity contribution in [2.45, 2.75) is 6.92 Å². The molecule has 1 amide bonds. The summed E-state index contributed by atoms with van der Waals surface area (Å²) in [4.78, 5) is 12.4. The summed E-state index contributed by atoms with van der Waals surface area (Å²) in [5.74, 6) is 0.358. The molecule has 0 saturated heterocycles. The number of ether oxygens (including phenoxy) is 2. The zero-order valence-corrected chi connectivity index (χ0v) is 13.9. The molecule has 0 aliphatic heterocycles. The van der Waals surface area contributed by atoms with E-state index in [9.17, 15) is 15.2 Å². The van der Waals surface area contributed by atoms with Crippen LogP contribution >= 0.6 is 0 Å². The molecule has 6 heteroatoms. The van der Waals surface area contributed by atoms with Crippen molar-refractivity contribution in [3.63, 3.8) is 0 Å². The number of para-hydroxylation sites is 2. The molecule has 0 aromatic heterocycles. The van der Waals surface area contributed by atoms with Crippen LogP contribution in [0.2, 0.25) is 0 Å². The van der Waals surface area contributed by atoms with Gasteiger partial charge in [-0.3, -0.25) is 4.79 Å². The topological polar surface area (TPSA) is 91.6 Å². The SMILES string of the molecule is CCOc1ccccc1NC(=O)C(C#N)=Cc1cc(OC)ccc1O. The van der Waals surface area contributed by atoms with Gasteiger partial charge in [0, 0.05) is 5.56 Å². The van der Waals surface area contributed by atoms with E-state index < -0.39 is 5.91 Å². The van der Waals surface area contributed by atoms with Crippen LogP contribution in [0.15, 0.2) is 48.0 Å². The summed E-state index contributed by atoms with van der Waals surface area (Å²) in [6.07, 6.45) is 1.30. The highest BCUT2D eigenvalue weighted by Gasteiger charge is 2.13. The van der Waals surface area contributed by atoms with Crippen molar-refractivity contribution >= 4 is 17.7 Å². The zero-order chi connectivity index (χ0) is 18.2. The standard InChI is InChI=1S/C19H18N2O4/c1-3-25-18-7-5-4-6-16(18)21-19(23)14(12-20)10-13-11-15(24-2)8-9-17(13)22/h4-11,22H,3H2,1-2H3,(H,21,23). The number of hydrogen-bond donors (Lipinski definition) is 2. The van der Waals surface area contributed by atoms with E-state index in [4.69, 9.17) is 9.47 Å². The van der Waals surface area contributed by atoms with E-state index in [1.807, 2.05) is 13.0 Å². The van der Waals surface area contributed by atoms with E-state index in [2.05, 4.69) is 5.32 Å². The largest absolute Gasteiger partial charge is 0.507 e. The molecule has 0 heterocycles. The predicted molar refractivity (Wildman–Crippen MR) is 94.5 cm³/mol. The number of aromatic hydroxyl groups is 1. The molecule has 0 bridgehead atoms. The van der Waals surface area contributed by atoms with Gasteiger partial charge in [-0.2, -0.15) is 5.26 Å². The number of rotatable bonds is 6. The minimum absolute atomic E-state index is 0.0592. The van der Waals surface area contributed by atoms with Crippen molar-refractivity contribution in [3.05, 3.63) is 53.6 Å². The monoisotopic (exact) mass is 338 g/mol. The van der Waals surface area contributed by atoms with Gasteiger partial charge < -0.3 is 19.9 Å². The molecule has 128 valence electrons. The van der Waals surface area contributed by atoms with Crippen LogP contribution in [0.1, 0.15) is 12.5 Å². The molecule has 2 aromatic carbocycles. The van der Waals surface area contributed by atoms with Crippen LogP contribution in [0.3, 0.4) is 0 Å². The number of phenolic OH excluding ortho intramolecular Hbond substituents is 1. The van der Waals surface area contributed by atoms with E-state index in [0.717, 1.165) is 0 Å². The first-order valence-corrected chi connectivity index (χ1v) is 7.61. The molecular weight excluding hydrogens is 320 g/mol. The third-order valence-corrected chi connectivity index (χ3v) is 3.33. The van der Waals surface area contributed by atoms with Gasteiger partial charge in [0.2, 0.25) is 0 Å². The second kappa shape index (κ2) is 8.41. The fourth-order valence-electron chi connectivity index (χ4n) is 2.12. The highest BCUT2D eigenvalue weighted by atomic mass is 16.5. The van der Waals surface area contributed by atoms with Crippen LogP contribution in [0.5, 0.6) is 17.2 Å². The summed E-state index contributed by atoms with van der Waals surface area (Å²) in [5.41, 5.74) is 0.615. The molecule has 0 fully saturated rings. The van der Waals surface area contributed by atoms with E-state index in [1.54, 1.807) is 30.3 Å². The minimum Gasteiger partial charge on any atom is -0.507 e. The molecule has 6 nitrogen and oxygen atoms in total. The van der Waals surface area contributed by atoms with Crippen LogP contribution in [-0.4, -0.2) is 24.7 Å². The van der Waals surface area contributed by atoms with Crippen LogP contribution in [0, 0.1) is 11.3 Å². The highest BCUT2D eigenvalue weighted by molar-refractivity contribution is 6.10. The summed E-state index contributed by atoms with van der Waals surface area (Å²) in [6.45, 7) is 2.29. The van der Waals surface area contributed by atoms with Gasteiger partial charge in [-0.05, 0) is 43.3 Å². The smallest absolute Gasteiger partial charge is 0.266 e. The molecule has 0 saturated carbocycles. The number of methoxy groups -OCH3 is 1. The molecular formula is C19H18N2O4. The van der Waals surface area contributed by atoms with Crippen molar-refractivity contribution in [2.24, 2.45) is 0 Å². The number of nitrogens with one attached hydrogen (secondary N) is 1. The quantitative estimate of drug-likeness (QED) is 0.622. The molecule has 0 radical (unpaired) electrons. The number of benzene rings is 2. The minimum atomic E-state index is -0.600. The second-order valence-corrected chi connectivity index (χ2v) is 4.98. The van der Waals surface area contributed by atoms with Crippen LogP contribution in [0.4, 0.5) is 5.69 Å². The van der Waals surface area contributed by atoms with Gasteiger partial charge in [0.15, 0.2) is 0 Å². The maximum absolute atomic E-state index is 12.4. The van der Waals surface area contributed by atoms with Crippen molar-refractivity contribution in [1.29, 1.82) is 5.26 Å². The Balaban J connectivity index is 2.29. The molecule has 0 spiro atoms. The van der Waals surface area contributed by atoms with Crippen molar-refractivity contribution in [2.75, 3.05) is 19.0 Å². The maximum Gasteiger partial charge on any atom is 0.266 e. The van der Waals surface area contributed by atoms with E-state index in [-0.39, 0.29) is 11.3 Å². The Bertz CT molecular complexity index is 838. The third-order valence-electron chi connectivity index (χ3n) is 3.33. The normalized spacial score (nSPS) is 10.7. The van der Waals surface area contributed by atoms with Gasteiger partial charge in [0.25, 0.3) is 5.91 Å². The molecule has 25 heavy (non-hydrogen) atoms. The first-order valence-electron chi connectivity index (χ1n) is 7.61. The number of phenols is 1. The number of hydrogen-bond acceptors (Lipinski definition) is 5. The lowest BCUT2D eigenvalue weighted by Crippen LogP contribution is -2.14. The lowest BCUT2D eigenvalue weighted by Gasteiger charge is -2.11. The average molecular weight is 338 g/mol. The summed E-state index contributed by atoms with van der Waals surface area (Å²) in [5, 5.41) is 21.8. The molecule has 0 aliphatic rings. The Labute approximate surface area is 145 Å². The Hall–Kier alpha value is -3.46. The summed E-state index contributed by atoms with van der Waals surface area (Å²) in [6, 6.07) is 13.3. The first-order chi connectivity index (χ1) is 12.1. The van der Waals surface area contributed by atoms with E-state index in [0.29, 0.717) is 29.4 Å². The lowest BCUT2D eigenvalue weighted by molar-refractivity contribution is -0.112. The molecule has 0 unspecified atom stereocenters. The second-order valence-electron chi connectivity index (χ2n) is 4.98. The van der Waals surface area contributed by atoms with Gasteiger partial charge in [-0.15, -0.1) is 0 Å². The number of nitrogens with zero attached hydrogens (tertiary/aromatic N) is 1. The van der Waals surface area contributed by atoms with Gasteiger partial charge >= 0.3 is 0 Å². The fourth-order valence-corrected chi connectivity index (χ4v) is 2.12. The third kappa shape index (κ3) is 4.52. The van der Waals surface area contributed by atoms with Crippen molar-refractivity contribution < 1.29 is 19.4 Å². The Kier molecular flexibility index (Phi) is 6.02. The van der Waals surface area contributed by atoms with Gasteiger partial charge in [0.05, 0.1) is 19.4 Å². The van der Waals surface area contributed by atoms with E-state index in [1.165, 1.54) is 25.3 Å². The van der Waals surface area contributed by atoms with Crippen LogP contribution in [0.25, 0.3) is 6.08 Å². The molecule has 2 N–H and O–H groups in total. The van der Waals surface area contributed by atoms with Gasteiger partial charge in [-0.1, -0.05) is 12.1 Å². The molecule has 0 aliphatic carbocycles. The molecule has 2 rings (SSSR count). The summed E-state index contributed by atoms with van der Waals surface area (Å²) < 4.78 is 10.5.